The van der Waals surface area contributed by atoms with E-state index in [2.05, 4.69) is 21.0 Å². The van der Waals surface area contributed by atoms with Gasteiger partial charge in [0.2, 0.25) is 0 Å². The van der Waals surface area contributed by atoms with Crippen molar-refractivity contribution < 1.29 is 9.90 Å². The first-order chi connectivity index (χ1) is 8.36. The van der Waals surface area contributed by atoms with Crippen LogP contribution in [0.1, 0.15) is 32.0 Å². The Bertz CT molecular complexity index is 502. The predicted molar refractivity (Wildman–Crippen MR) is 71.9 cm³/mol. The Kier molecular flexibility index (Phi) is 5.34. The van der Waals surface area contributed by atoms with E-state index in [1.807, 2.05) is 13.8 Å². The van der Waals surface area contributed by atoms with Crippen LogP contribution in [0, 0.1) is 5.92 Å². The lowest BCUT2D eigenvalue weighted by atomic mass is 10.0. The van der Waals surface area contributed by atoms with Crippen molar-refractivity contribution in [2.24, 2.45) is 5.92 Å². The third-order valence-corrected chi connectivity index (χ3v) is 3.20. The number of hydrogen-bond acceptors (Lipinski definition) is 3. The van der Waals surface area contributed by atoms with Crippen molar-refractivity contribution in [1.82, 2.24) is 9.78 Å². The number of halogens is 2. The van der Waals surface area contributed by atoms with Crippen LogP contribution < -0.4 is 5.56 Å². The van der Waals surface area contributed by atoms with Crippen LogP contribution >= 0.6 is 27.5 Å². The summed E-state index contributed by atoms with van der Waals surface area (Å²) in [5, 5.41) is 13.2. The summed E-state index contributed by atoms with van der Waals surface area (Å²) >= 11 is 8.76. The van der Waals surface area contributed by atoms with Gasteiger partial charge in [-0.25, -0.2) is 9.48 Å². The first-order valence-electron chi connectivity index (χ1n) is 5.43. The maximum atomic E-state index is 11.9. The minimum absolute atomic E-state index is 0.118. The molecule has 5 nitrogen and oxygen atoms in total. The molecule has 100 valence electrons. The van der Waals surface area contributed by atoms with Crippen molar-refractivity contribution >= 4 is 33.5 Å². The van der Waals surface area contributed by atoms with Crippen LogP contribution in [0.3, 0.4) is 0 Å². The molecule has 1 aromatic rings. The van der Waals surface area contributed by atoms with E-state index >= 15 is 0 Å². The zero-order valence-electron chi connectivity index (χ0n) is 10.1. The standard InChI is InChI=1S/C11H14BrClN2O3/c1-6(2)3-9(11(17)18)15-10(16)8(12)4-7(5-13)14-15/h4,6,9H,3,5H2,1-2H3,(H,17,18)/t9-/m0/s1. The van der Waals surface area contributed by atoms with Crippen LogP contribution in [0.5, 0.6) is 0 Å². The molecule has 0 radical (unpaired) electrons. The highest BCUT2D eigenvalue weighted by Crippen LogP contribution is 2.17. The molecule has 1 rings (SSSR count). The molecule has 0 saturated carbocycles. The second-order valence-corrected chi connectivity index (χ2v) is 5.47. The lowest BCUT2D eigenvalue weighted by Crippen LogP contribution is -2.33. The maximum Gasteiger partial charge on any atom is 0.328 e. The SMILES string of the molecule is CC(C)C[C@@H](C(=O)O)n1nc(CCl)cc(Br)c1=O. The van der Waals surface area contributed by atoms with E-state index < -0.39 is 17.6 Å². The molecule has 0 spiro atoms. The number of carbonyl (C=O) groups is 1. The molecule has 0 fully saturated rings. The summed E-state index contributed by atoms with van der Waals surface area (Å²) in [6.45, 7) is 3.78. The monoisotopic (exact) mass is 336 g/mol. The predicted octanol–water partition coefficient (Wildman–Crippen LogP) is 2.42. The Hall–Kier alpha value is -0.880. The number of alkyl halides is 1. The summed E-state index contributed by atoms with van der Waals surface area (Å²) in [7, 11) is 0. The number of nitrogens with zero attached hydrogens (tertiary/aromatic N) is 2. The van der Waals surface area contributed by atoms with E-state index in [9.17, 15) is 14.7 Å². The largest absolute Gasteiger partial charge is 0.480 e. The van der Waals surface area contributed by atoms with Gasteiger partial charge in [0.15, 0.2) is 6.04 Å². The molecule has 0 unspecified atom stereocenters. The van der Waals surface area contributed by atoms with Gasteiger partial charge in [-0.3, -0.25) is 4.79 Å². The average molecular weight is 338 g/mol. The van der Waals surface area contributed by atoms with Gasteiger partial charge in [-0.05, 0) is 34.3 Å². The van der Waals surface area contributed by atoms with Gasteiger partial charge in [0, 0.05) is 0 Å². The lowest BCUT2D eigenvalue weighted by molar-refractivity contribution is -0.141. The molecule has 1 atom stereocenters. The first kappa shape index (κ1) is 15.2. The number of aliphatic carboxylic acids is 1. The van der Waals surface area contributed by atoms with E-state index in [1.54, 1.807) is 0 Å². The molecule has 1 aromatic heterocycles. The molecule has 0 amide bonds. The van der Waals surface area contributed by atoms with Crippen LogP contribution in [0.25, 0.3) is 0 Å². The fraction of sp³-hybridized carbons (Fsp3) is 0.545. The Morgan fingerprint density at radius 1 is 1.61 bits per heavy atom. The molecule has 0 aliphatic carbocycles. The van der Waals surface area contributed by atoms with E-state index in [4.69, 9.17) is 11.6 Å². The molecule has 0 aliphatic heterocycles. The average Bonchev–Trinajstić information content (AvgIpc) is 2.29. The smallest absolute Gasteiger partial charge is 0.328 e. The van der Waals surface area contributed by atoms with Gasteiger partial charge in [-0.1, -0.05) is 13.8 Å². The minimum Gasteiger partial charge on any atom is -0.480 e. The van der Waals surface area contributed by atoms with Crippen molar-refractivity contribution in [3.05, 3.63) is 26.6 Å². The molecule has 1 heterocycles. The normalized spacial score (nSPS) is 12.7. The Labute approximate surface area is 118 Å². The third-order valence-electron chi connectivity index (χ3n) is 2.35. The van der Waals surface area contributed by atoms with Crippen molar-refractivity contribution in [3.8, 4) is 0 Å². The van der Waals surface area contributed by atoms with E-state index in [1.165, 1.54) is 6.07 Å². The van der Waals surface area contributed by atoms with E-state index in [0.29, 0.717) is 12.1 Å². The van der Waals surface area contributed by atoms with Crippen LogP contribution in [-0.2, 0) is 10.7 Å². The Morgan fingerprint density at radius 3 is 2.67 bits per heavy atom. The van der Waals surface area contributed by atoms with E-state index in [0.717, 1.165) is 4.68 Å². The topological polar surface area (TPSA) is 72.2 Å². The van der Waals surface area contributed by atoms with Gasteiger partial charge < -0.3 is 5.11 Å². The highest BCUT2D eigenvalue weighted by molar-refractivity contribution is 9.10. The highest BCUT2D eigenvalue weighted by atomic mass is 79.9. The van der Waals surface area contributed by atoms with Gasteiger partial charge in [-0.15, -0.1) is 11.6 Å². The molecular weight excluding hydrogens is 323 g/mol. The second-order valence-electron chi connectivity index (χ2n) is 4.35. The summed E-state index contributed by atoms with van der Waals surface area (Å²) in [5.74, 6) is -0.817. The quantitative estimate of drug-likeness (QED) is 0.838. The number of rotatable bonds is 5. The molecular formula is C11H14BrClN2O3. The molecule has 1 N–H and O–H groups in total. The minimum atomic E-state index is -1.07. The molecule has 18 heavy (non-hydrogen) atoms. The number of aromatic nitrogens is 2. The van der Waals surface area contributed by atoms with Gasteiger partial charge in [0.25, 0.3) is 5.56 Å². The fourth-order valence-electron chi connectivity index (χ4n) is 1.56. The lowest BCUT2D eigenvalue weighted by Gasteiger charge is -2.17. The molecule has 0 aromatic carbocycles. The zero-order valence-corrected chi connectivity index (χ0v) is 12.4. The first-order valence-corrected chi connectivity index (χ1v) is 6.76. The zero-order chi connectivity index (χ0) is 13.9. The highest BCUT2D eigenvalue weighted by Gasteiger charge is 2.24. The summed E-state index contributed by atoms with van der Waals surface area (Å²) < 4.78 is 1.26. The van der Waals surface area contributed by atoms with Crippen LogP contribution in [0.4, 0.5) is 0 Å². The van der Waals surface area contributed by atoms with Crippen molar-refractivity contribution in [2.75, 3.05) is 0 Å². The van der Waals surface area contributed by atoms with Gasteiger partial charge in [0.05, 0.1) is 16.0 Å². The van der Waals surface area contributed by atoms with Crippen molar-refractivity contribution in [3.63, 3.8) is 0 Å². The summed E-state index contributed by atoms with van der Waals surface area (Å²) in [5.41, 5.74) is -0.00457. The van der Waals surface area contributed by atoms with Crippen molar-refractivity contribution in [2.45, 2.75) is 32.2 Å². The fourth-order valence-corrected chi connectivity index (χ4v) is 2.13. The molecule has 0 aliphatic rings. The van der Waals surface area contributed by atoms with Gasteiger partial charge in [0.1, 0.15) is 0 Å². The van der Waals surface area contributed by atoms with E-state index in [-0.39, 0.29) is 16.3 Å². The number of carboxylic acids is 1. The third kappa shape index (κ3) is 3.55. The summed E-state index contributed by atoms with van der Waals surface area (Å²) in [4.78, 5) is 23.2. The Morgan fingerprint density at radius 2 is 2.22 bits per heavy atom. The maximum absolute atomic E-state index is 11.9. The summed E-state index contributed by atoms with van der Waals surface area (Å²) in [6.07, 6.45) is 0.334. The molecule has 7 heteroatoms. The van der Waals surface area contributed by atoms with Gasteiger partial charge in [-0.2, -0.15) is 5.10 Å². The summed E-state index contributed by atoms with van der Waals surface area (Å²) in [6, 6.07) is 0.525. The number of hydrogen-bond donors (Lipinski definition) is 1. The second kappa shape index (κ2) is 6.33. The van der Waals surface area contributed by atoms with Crippen LogP contribution in [-0.4, -0.2) is 20.9 Å². The molecule has 0 saturated heterocycles. The van der Waals surface area contributed by atoms with Crippen molar-refractivity contribution in [1.29, 1.82) is 0 Å². The van der Waals surface area contributed by atoms with Crippen LogP contribution in [0.15, 0.2) is 15.3 Å². The Balaban J connectivity index is 3.31. The number of carboxylic acid groups (broad SMARTS) is 1. The van der Waals surface area contributed by atoms with Gasteiger partial charge >= 0.3 is 5.97 Å². The molecule has 0 bridgehead atoms. The van der Waals surface area contributed by atoms with Crippen LogP contribution in [0.2, 0.25) is 0 Å².